The molecule has 3 heterocycles. The summed E-state index contributed by atoms with van der Waals surface area (Å²) in [5.74, 6) is 2.31. The maximum atomic E-state index is 5.31. The van der Waals surface area contributed by atoms with E-state index in [1.54, 1.807) is 0 Å². The van der Waals surface area contributed by atoms with Gasteiger partial charge in [0.1, 0.15) is 0 Å². The van der Waals surface area contributed by atoms with Crippen molar-refractivity contribution in [2.75, 3.05) is 0 Å². The largest absolute Gasteiger partial charge is 0.307 e. The fourth-order valence-electron chi connectivity index (χ4n) is 11.0. The van der Waals surface area contributed by atoms with Crippen molar-refractivity contribution in [3.63, 3.8) is 0 Å². The lowest BCUT2D eigenvalue weighted by molar-refractivity contribution is 0.264. The molecule has 0 saturated carbocycles. The van der Waals surface area contributed by atoms with E-state index >= 15 is 0 Å². The maximum absolute atomic E-state index is 5.31. The van der Waals surface area contributed by atoms with Crippen molar-refractivity contribution in [1.29, 1.82) is 0 Å². The number of para-hydroxylation sites is 2. The fraction of sp³-hybridized carbons (Fsp3) is 0.136. The van der Waals surface area contributed by atoms with Gasteiger partial charge in [0.15, 0.2) is 11.6 Å². The van der Waals surface area contributed by atoms with Crippen molar-refractivity contribution in [2.45, 2.75) is 45.4 Å². The average Bonchev–Trinajstić information content (AvgIpc) is 3.91. The SMILES string of the molecule is CC1C(C)(C)c2cccc(-c3ccccc3-c3cccc(-n4c5ccccc5c5ccc6c7ccccc7n(-c7nc(-c8ccccc8)nc(-c8ccccc8)n7)c6c54)c3)c2C1(C)C. The van der Waals surface area contributed by atoms with E-state index in [1.165, 1.54) is 38.8 Å². The summed E-state index contributed by atoms with van der Waals surface area (Å²) < 4.78 is 4.72. The molecule has 0 fully saturated rings. The number of hydrogen-bond acceptors (Lipinski definition) is 3. The minimum Gasteiger partial charge on any atom is -0.307 e. The van der Waals surface area contributed by atoms with Gasteiger partial charge in [0.05, 0.1) is 22.1 Å². The highest BCUT2D eigenvalue weighted by atomic mass is 15.2. The molecule has 1 atom stereocenters. The molecule has 5 nitrogen and oxygen atoms in total. The zero-order valence-corrected chi connectivity index (χ0v) is 36.7. The molecule has 8 aromatic carbocycles. The van der Waals surface area contributed by atoms with Gasteiger partial charge in [-0.3, -0.25) is 4.57 Å². The summed E-state index contributed by atoms with van der Waals surface area (Å²) in [6.07, 6.45) is 0. The van der Waals surface area contributed by atoms with Crippen LogP contribution in [0.2, 0.25) is 0 Å². The minimum absolute atomic E-state index is 0.0133. The Morgan fingerprint density at radius 1 is 0.406 bits per heavy atom. The van der Waals surface area contributed by atoms with Gasteiger partial charge in [-0.1, -0.05) is 198 Å². The summed E-state index contributed by atoms with van der Waals surface area (Å²) in [4.78, 5) is 15.7. The van der Waals surface area contributed by atoms with Crippen molar-refractivity contribution in [1.82, 2.24) is 24.1 Å². The van der Waals surface area contributed by atoms with Gasteiger partial charge in [0.25, 0.3) is 0 Å². The molecule has 1 aliphatic rings. The van der Waals surface area contributed by atoms with Crippen molar-refractivity contribution in [3.05, 3.63) is 199 Å². The van der Waals surface area contributed by atoms with Gasteiger partial charge in [-0.05, 0) is 74.4 Å². The monoisotopic (exact) mass is 825 g/mol. The highest BCUT2D eigenvalue weighted by Crippen LogP contribution is 2.57. The van der Waals surface area contributed by atoms with E-state index in [9.17, 15) is 0 Å². The van der Waals surface area contributed by atoms with E-state index in [2.05, 4.69) is 195 Å². The molecule has 64 heavy (non-hydrogen) atoms. The molecule has 0 spiro atoms. The Morgan fingerprint density at radius 3 is 1.55 bits per heavy atom. The first-order valence-corrected chi connectivity index (χ1v) is 22.4. The first-order chi connectivity index (χ1) is 31.2. The van der Waals surface area contributed by atoms with Crippen LogP contribution >= 0.6 is 0 Å². The van der Waals surface area contributed by atoms with E-state index in [0.29, 0.717) is 23.5 Å². The zero-order chi connectivity index (χ0) is 43.3. The van der Waals surface area contributed by atoms with Crippen molar-refractivity contribution in [3.8, 4) is 56.7 Å². The number of aromatic nitrogens is 5. The number of benzene rings is 8. The van der Waals surface area contributed by atoms with E-state index in [4.69, 9.17) is 15.0 Å². The molecular formula is C59H47N5. The van der Waals surface area contributed by atoms with E-state index < -0.39 is 0 Å². The standard InChI is InChI=1S/C59H47N5/c1-37-58(2,3)49-31-19-30-46(52(49)59(37,4)5)43-27-13-12-26-42(43)40-24-18-25-41(36-40)63-50-32-16-14-28-44(50)47-34-35-48-45-29-15-17-33-51(45)64(54(48)53(47)63)57-61-55(38-20-8-6-9-21-38)60-56(62-57)39-22-10-7-11-23-39/h6-37H,1-5H3. The Hall–Kier alpha value is -7.63. The molecule has 0 radical (unpaired) electrons. The zero-order valence-electron chi connectivity index (χ0n) is 36.7. The smallest absolute Gasteiger partial charge is 0.238 e. The van der Waals surface area contributed by atoms with Crippen LogP contribution in [0.5, 0.6) is 0 Å². The van der Waals surface area contributed by atoms with Crippen LogP contribution in [0.25, 0.3) is 100 Å². The van der Waals surface area contributed by atoms with Gasteiger partial charge in [-0.25, -0.2) is 4.98 Å². The Kier molecular flexibility index (Phi) is 8.45. The topological polar surface area (TPSA) is 48.5 Å². The molecule has 0 saturated heterocycles. The normalized spacial score (nSPS) is 15.4. The van der Waals surface area contributed by atoms with Gasteiger partial charge >= 0.3 is 0 Å². The minimum atomic E-state index is 0.0133. The maximum Gasteiger partial charge on any atom is 0.238 e. The lowest BCUT2D eigenvalue weighted by Crippen LogP contribution is -2.31. The van der Waals surface area contributed by atoms with Crippen molar-refractivity contribution >= 4 is 43.6 Å². The quantitative estimate of drug-likeness (QED) is 0.168. The number of hydrogen-bond donors (Lipinski definition) is 0. The average molecular weight is 826 g/mol. The molecule has 1 unspecified atom stereocenters. The van der Waals surface area contributed by atoms with Gasteiger partial charge in [0, 0.05) is 38.4 Å². The van der Waals surface area contributed by atoms with Crippen molar-refractivity contribution in [2.24, 2.45) is 5.92 Å². The van der Waals surface area contributed by atoms with Crippen LogP contribution in [0.1, 0.15) is 45.7 Å². The van der Waals surface area contributed by atoms with E-state index in [0.717, 1.165) is 55.0 Å². The third-order valence-electron chi connectivity index (χ3n) is 14.6. The van der Waals surface area contributed by atoms with E-state index in [-0.39, 0.29) is 10.8 Å². The lowest BCUT2D eigenvalue weighted by atomic mass is 9.71. The van der Waals surface area contributed by atoms with Gasteiger partial charge in [-0.15, -0.1) is 0 Å². The molecule has 3 aromatic heterocycles. The first-order valence-electron chi connectivity index (χ1n) is 22.4. The predicted molar refractivity (Wildman–Crippen MR) is 265 cm³/mol. The molecule has 0 amide bonds. The lowest BCUT2D eigenvalue weighted by Gasteiger charge is -2.33. The second-order valence-electron chi connectivity index (χ2n) is 18.6. The molecule has 0 bridgehead atoms. The molecule has 11 aromatic rings. The predicted octanol–water partition coefficient (Wildman–Crippen LogP) is 14.9. The summed E-state index contributed by atoms with van der Waals surface area (Å²) in [7, 11) is 0. The van der Waals surface area contributed by atoms with Crippen LogP contribution in [0.3, 0.4) is 0 Å². The van der Waals surface area contributed by atoms with Crippen molar-refractivity contribution < 1.29 is 0 Å². The molecule has 12 rings (SSSR count). The Labute approximate surface area is 373 Å². The van der Waals surface area contributed by atoms with Crippen LogP contribution in [0.4, 0.5) is 0 Å². The number of fused-ring (bicyclic) bond motifs is 8. The number of nitrogens with zero attached hydrogens (tertiary/aromatic N) is 5. The number of rotatable bonds is 6. The van der Waals surface area contributed by atoms with Crippen LogP contribution < -0.4 is 0 Å². The Morgan fingerprint density at radius 2 is 0.906 bits per heavy atom. The van der Waals surface area contributed by atoms with Crippen LogP contribution in [0.15, 0.2) is 188 Å². The Bertz CT molecular complexity index is 3570. The summed E-state index contributed by atoms with van der Waals surface area (Å²) in [6, 6.07) is 67.5. The summed E-state index contributed by atoms with van der Waals surface area (Å²) in [5.41, 5.74) is 15.3. The van der Waals surface area contributed by atoms with Gasteiger partial charge in [-0.2, -0.15) is 9.97 Å². The second-order valence-corrected chi connectivity index (χ2v) is 18.6. The highest BCUT2D eigenvalue weighted by molar-refractivity contribution is 6.23. The third-order valence-corrected chi connectivity index (χ3v) is 14.6. The van der Waals surface area contributed by atoms with Crippen LogP contribution in [-0.2, 0) is 10.8 Å². The van der Waals surface area contributed by atoms with Crippen LogP contribution in [-0.4, -0.2) is 24.1 Å². The van der Waals surface area contributed by atoms with Crippen LogP contribution in [0, 0.1) is 5.92 Å². The Balaban J connectivity index is 1.14. The summed E-state index contributed by atoms with van der Waals surface area (Å²) in [5, 5.41) is 4.62. The molecular weight excluding hydrogens is 779 g/mol. The molecule has 308 valence electrons. The molecule has 0 N–H and O–H groups in total. The van der Waals surface area contributed by atoms with Gasteiger partial charge < -0.3 is 4.57 Å². The fourth-order valence-corrected chi connectivity index (χ4v) is 11.0. The second kappa shape index (κ2) is 14.2. The van der Waals surface area contributed by atoms with E-state index in [1.807, 2.05) is 36.4 Å². The molecule has 1 aliphatic carbocycles. The summed E-state index contributed by atoms with van der Waals surface area (Å²) in [6.45, 7) is 12.1. The summed E-state index contributed by atoms with van der Waals surface area (Å²) >= 11 is 0. The third kappa shape index (κ3) is 5.60. The van der Waals surface area contributed by atoms with Gasteiger partial charge in [0.2, 0.25) is 5.95 Å². The highest BCUT2D eigenvalue weighted by Gasteiger charge is 2.49. The first kappa shape index (κ1) is 38.1. The molecule has 0 aliphatic heterocycles. The molecule has 5 heteroatoms.